The second-order valence-electron chi connectivity index (χ2n) is 3.73. The quantitative estimate of drug-likeness (QED) is 0.770. The molecular weight excluding hydrogens is 206 g/mol. The lowest BCUT2D eigenvalue weighted by atomic mass is 9.97. The third kappa shape index (κ3) is 2.02. The average molecular weight is 221 g/mol. The number of nitrogens with one attached hydrogen (secondary N) is 1. The summed E-state index contributed by atoms with van der Waals surface area (Å²) >= 11 is 0. The molecule has 4 nitrogen and oxygen atoms in total. The van der Waals surface area contributed by atoms with Gasteiger partial charge in [-0.2, -0.15) is 0 Å². The third-order valence-corrected chi connectivity index (χ3v) is 2.52. The van der Waals surface area contributed by atoms with E-state index in [1.54, 1.807) is 6.92 Å². The predicted octanol–water partition coefficient (Wildman–Crippen LogP) is 0.970. The molecule has 1 saturated heterocycles. The lowest BCUT2D eigenvalue weighted by Crippen LogP contribution is -2.68. The molecule has 1 fully saturated rings. The van der Waals surface area contributed by atoms with Crippen LogP contribution in [0.5, 0.6) is 5.75 Å². The van der Waals surface area contributed by atoms with Crippen molar-refractivity contribution in [2.45, 2.75) is 12.5 Å². The Labute approximate surface area is 94.6 Å². The van der Waals surface area contributed by atoms with E-state index in [0.717, 1.165) is 0 Å². The Kier molecular flexibility index (Phi) is 3.10. The van der Waals surface area contributed by atoms with Gasteiger partial charge in [0, 0.05) is 13.1 Å². The topological polar surface area (TPSA) is 47.6 Å². The fourth-order valence-electron chi connectivity index (χ4n) is 1.59. The third-order valence-electron chi connectivity index (χ3n) is 2.52. The zero-order chi connectivity index (χ0) is 11.4. The summed E-state index contributed by atoms with van der Waals surface area (Å²) in [5, 5.41) is 3.04. The summed E-state index contributed by atoms with van der Waals surface area (Å²) in [6.45, 7) is 3.17. The highest BCUT2D eigenvalue weighted by molar-refractivity contribution is 5.82. The van der Waals surface area contributed by atoms with Crippen LogP contribution in [0.4, 0.5) is 0 Å². The highest BCUT2D eigenvalue weighted by atomic mass is 16.6. The molecule has 0 bridgehead atoms. The van der Waals surface area contributed by atoms with Crippen LogP contribution in [0.25, 0.3) is 0 Å². The van der Waals surface area contributed by atoms with Gasteiger partial charge in [-0.15, -0.1) is 0 Å². The molecule has 16 heavy (non-hydrogen) atoms. The van der Waals surface area contributed by atoms with Gasteiger partial charge in [0.2, 0.25) is 5.60 Å². The summed E-state index contributed by atoms with van der Waals surface area (Å²) in [4.78, 5) is 11.8. The van der Waals surface area contributed by atoms with Crippen molar-refractivity contribution < 1.29 is 14.3 Å². The highest BCUT2D eigenvalue weighted by Crippen LogP contribution is 2.23. The molecule has 1 heterocycles. The summed E-state index contributed by atoms with van der Waals surface area (Å²) in [5.74, 6) is 0.398. The molecule has 0 radical (unpaired) electrons. The first-order valence-corrected chi connectivity index (χ1v) is 5.39. The maximum atomic E-state index is 11.8. The van der Waals surface area contributed by atoms with E-state index in [0.29, 0.717) is 25.4 Å². The lowest BCUT2D eigenvalue weighted by Gasteiger charge is -2.39. The van der Waals surface area contributed by atoms with E-state index < -0.39 is 5.60 Å². The van der Waals surface area contributed by atoms with Crippen LogP contribution in [0.15, 0.2) is 30.3 Å². The normalized spacial score (nSPS) is 17.3. The maximum absolute atomic E-state index is 11.8. The number of benzene rings is 1. The molecule has 86 valence electrons. The van der Waals surface area contributed by atoms with Crippen LogP contribution >= 0.6 is 0 Å². The van der Waals surface area contributed by atoms with Crippen molar-refractivity contribution >= 4 is 5.97 Å². The van der Waals surface area contributed by atoms with E-state index >= 15 is 0 Å². The standard InChI is InChI=1S/C12H15NO3/c1-2-15-11(14)12(8-13-9-12)16-10-6-4-3-5-7-10/h3-7,13H,2,8-9H2,1H3. The Morgan fingerprint density at radius 3 is 2.56 bits per heavy atom. The fraction of sp³-hybridized carbons (Fsp3) is 0.417. The molecule has 0 unspecified atom stereocenters. The van der Waals surface area contributed by atoms with Crippen molar-refractivity contribution in [2.24, 2.45) is 0 Å². The molecular formula is C12H15NO3. The van der Waals surface area contributed by atoms with Crippen molar-refractivity contribution in [3.63, 3.8) is 0 Å². The van der Waals surface area contributed by atoms with Crippen LogP contribution in [0.3, 0.4) is 0 Å². The molecule has 0 aliphatic carbocycles. The van der Waals surface area contributed by atoms with Crippen LogP contribution in [0, 0.1) is 0 Å². The predicted molar refractivity (Wildman–Crippen MR) is 59.3 cm³/mol. The first-order chi connectivity index (χ1) is 7.77. The molecule has 4 heteroatoms. The molecule has 0 saturated carbocycles. The van der Waals surface area contributed by atoms with Gasteiger partial charge in [0.15, 0.2) is 0 Å². The number of ether oxygens (including phenoxy) is 2. The number of para-hydroxylation sites is 1. The summed E-state index contributed by atoms with van der Waals surface area (Å²) in [6.07, 6.45) is 0. The second-order valence-corrected chi connectivity index (χ2v) is 3.73. The minimum atomic E-state index is -0.836. The van der Waals surface area contributed by atoms with E-state index in [2.05, 4.69) is 5.32 Å². The van der Waals surface area contributed by atoms with Crippen LogP contribution in [-0.4, -0.2) is 31.3 Å². The maximum Gasteiger partial charge on any atom is 0.353 e. The molecule has 0 aromatic heterocycles. The summed E-state index contributed by atoms with van der Waals surface area (Å²) < 4.78 is 10.7. The highest BCUT2D eigenvalue weighted by Gasteiger charge is 2.48. The molecule has 0 atom stereocenters. The van der Waals surface area contributed by atoms with E-state index in [-0.39, 0.29) is 5.97 Å². The van der Waals surface area contributed by atoms with Gasteiger partial charge in [-0.1, -0.05) is 18.2 Å². The Morgan fingerprint density at radius 1 is 1.38 bits per heavy atom. The van der Waals surface area contributed by atoms with E-state index in [1.807, 2.05) is 30.3 Å². The van der Waals surface area contributed by atoms with Crippen LogP contribution in [0.1, 0.15) is 6.92 Å². The monoisotopic (exact) mass is 221 g/mol. The van der Waals surface area contributed by atoms with Gasteiger partial charge in [-0.3, -0.25) is 0 Å². The largest absolute Gasteiger partial charge is 0.473 e. The Balaban J connectivity index is 2.08. The number of esters is 1. The zero-order valence-corrected chi connectivity index (χ0v) is 9.23. The Hall–Kier alpha value is -1.55. The van der Waals surface area contributed by atoms with Crippen LogP contribution < -0.4 is 10.1 Å². The molecule has 1 aliphatic heterocycles. The van der Waals surface area contributed by atoms with Gasteiger partial charge < -0.3 is 14.8 Å². The van der Waals surface area contributed by atoms with Gasteiger partial charge in [0.25, 0.3) is 0 Å². The summed E-state index contributed by atoms with van der Waals surface area (Å²) in [6, 6.07) is 9.32. The summed E-state index contributed by atoms with van der Waals surface area (Å²) in [5.41, 5.74) is -0.836. The molecule has 1 aromatic carbocycles. The fourth-order valence-corrected chi connectivity index (χ4v) is 1.59. The van der Waals surface area contributed by atoms with E-state index in [1.165, 1.54) is 0 Å². The zero-order valence-electron chi connectivity index (χ0n) is 9.23. The van der Waals surface area contributed by atoms with E-state index in [4.69, 9.17) is 9.47 Å². The average Bonchev–Trinajstić information content (AvgIpc) is 2.25. The van der Waals surface area contributed by atoms with Crippen LogP contribution in [0.2, 0.25) is 0 Å². The number of hydrogen-bond acceptors (Lipinski definition) is 4. The smallest absolute Gasteiger partial charge is 0.353 e. The van der Waals surface area contributed by atoms with Crippen molar-refractivity contribution in [1.82, 2.24) is 5.32 Å². The SMILES string of the molecule is CCOC(=O)C1(Oc2ccccc2)CNC1. The molecule has 1 N–H and O–H groups in total. The van der Waals surface area contributed by atoms with Crippen LogP contribution in [-0.2, 0) is 9.53 Å². The van der Waals surface area contributed by atoms with Crippen molar-refractivity contribution in [2.75, 3.05) is 19.7 Å². The Bertz CT molecular complexity index is 360. The minimum Gasteiger partial charge on any atom is -0.473 e. The first-order valence-electron chi connectivity index (χ1n) is 5.39. The molecule has 0 spiro atoms. The molecule has 0 amide bonds. The number of hydrogen-bond donors (Lipinski definition) is 1. The van der Waals surface area contributed by atoms with Gasteiger partial charge in [0.1, 0.15) is 5.75 Å². The van der Waals surface area contributed by atoms with E-state index in [9.17, 15) is 4.79 Å². The molecule has 2 rings (SSSR count). The van der Waals surface area contributed by atoms with Gasteiger partial charge >= 0.3 is 5.97 Å². The second kappa shape index (κ2) is 4.53. The summed E-state index contributed by atoms with van der Waals surface area (Å²) in [7, 11) is 0. The lowest BCUT2D eigenvalue weighted by molar-refractivity contribution is -0.166. The van der Waals surface area contributed by atoms with Gasteiger partial charge in [-0.05, 0) is 19.1 Å². The molecule has 1 aliphatic rings. The molecule has 1 aromatic rings. The number of carbonyl (C=O) groups excluding carboxylic acids is 1. The number of rotatable bonds is 4. The Morgan fingerprint density at radius 2 is 2.06 bits per heavy atom. The van der Waals surface area contributed by atoms with Crippen molar-refractivity contribution in [3.8, 4) is 5.75 Å². The van der Waals surface area contributed by atoms with Crippen molar-refractivity contribution in [1.29, 1.82) is 0 Å². The number of carbonyl (C=O) groups is 1. The first kappa shape index (κ1) is 11.0. The van der Waals surface area contributed by atoms with Gasteiger partial charge in [-0.25, -0.2) is 4.79 Å². The van der Waals surface area contributed by atoms with Crippen molar-refractivity contribution in [3.05, 3.63) is 30.3 Å². The van der Waals surface area contributed by atoms with Gasteiger partial charge in [0.05, 0.1) is 6.61 Å². The minimum absolute atomic E-state index is 0.294.